The number of aromatic nitrogens is 2. The SMILES string of the molecule is CN1C(=O)C2(CCOCC2)c2cc(NCc3cnn(C)c3)ccc21. The number of carbonyl (C=O) groups excluding carboxylic acids is 1. The number of anilines is 2. The van der Waals surface area contributed by atoms with Crippen LogP contribution in [0.3, 0.4) is 0 Å². The molecular formula is C18H22N4O2. The molecule has 0 radical (unpaired) electrons. The Kier molecular flexibility index (Phi) is 3.57. The van der Waals surface area contributed by atoms with Crippen LogP contribution in [0, 0.1) is 0 Å². The van der Waals surface area contributed by atoms with Gasteiger partial charge >= 0.3 is 0 Å². The van der Waals surface area contributed by atoms with Crippen LogP contribution in [0.15, 0.2) is 30.6 Å². The molecule has 1 amide bonds. The number of aryl methyl sites for hydroxylation is 1. The first-order valence-electron chi connectivity index (χ1n) is 8.32. The van der Waals surface area contributed by atoms with Gasteiger partial charge in [0.2, 0.25) is 5.91 Å². The highest BCUT2D eigenvalue weighted by Crippen LogP contribution is 2.47. The number of nitrogens with one attached hydrogen (secondary N) is 1. The van der Waals surface area contributed by atoms with Gasteiger partial charge < -0.3 is 15.0 Å². The summed E-state index contributed by atoms with van der Waals surface area (Å²) in [6, 6.07) is 6.22. The average Bonchev–Trinajstić information content (AvgIpc) is 3.11. The van der Waals surface area contributed by atoms with E-state index in [1.807, 2.05) is 38.6 Å². The fourth-order valence-electron chi connectivity index (χ4n) is 3.84. The number of nitrogens with zero attached hydrogens (tertiary/aromatic N) is 3. The molecule has 1 N–H and O–H groups in total. The van der Waals surface area contributed by atoms with Crippen LogP contribution in [0.1, 0.15) is 24.0 Å². The van der Waals surface area contributed by atoms with Crippen molar-refractivity contribution in [2.75, 3.05) is 30.5 Å². The van der Waals surface area contributed by atoms with Crippen molar-refractivity contribution in [3.63, 3.8) is 0 Å². The molecule has 1 saturated heterocycles. The highest BCUT2D eigenvalue weighted by atomic mass is 16.5. The zero-order valence-electron chi connectivity index (χ0n) is 14.1. The Balaban J connectivity index is 1.63. The lowest BCUT2D eigenvalue weighted by molar-refractivity contribution is -0.126. The molecule has 0 aliphatic carbocycles. The first-order valence-corrected chi connectivity index (χ1v) is 8.32. The second-order valence-corrected chi connectivity index (χ2v) is 6.67. The predicted octanol–water partition coefficient (Wildman–Crippen LogP) is 2.06. The third kappa shape index (κ3) is 2.29. The Morgan fingerprint density at radius 2 is 2.08 bits per heavy atom. The van der Waals surface area contributed by atoms with Crippen molar-refractivity contribution in [2.45, 2.75) is 24.8 Å². The minimum atomic E-state index is -0.408. The highest BCUT2D eigenvalue weighted by molar-refractivity contribution is 6.08. The Morgan fingerprint density at radius 3 is 2.79 bits per heavy atom. The molecule has 6 nitrogen and oxygen atoms in total. The summed E-state index contributed by atoms with van der Waals surface area (Å²) in [4.78, 5) is 14.7. The normalized spacial score (nSPS) is 18.9. The molecule has 1 aromatic carbocycles. The summed E-state index contributed by atoms with van der Waals surface area (Å²) >= 11 is 0. The number of carbonyl (C=O) groups is 1. The van der Waals surface area contributed by atoms with E-state index in [0.29, 0.717) is 19.8 Å². The van der Waals surface area contributed by atoms with Gasteiger partial charge in [0.15, 0.2) is 0 Å². The Morgan fingerprint density at radius 1 is 1.29 bits per heavy atom. The number of likely N-dealkylation sites (N-methyl/N-ethyl adjacent to an activating group) is 1. The lowest BCUT2D eigenvalue weighted by atomic mass is 9.75. The zero-order valence-corrected chi connectivity index (χ0v) is 14.1. The Hall–Kier alpha value is -2.34. The molecule has 0 unspecified atom stereocenters. The van der Waals surface area contributed by atoms with E-state index < -0.39 is 5.41 Å². The molecule has 3 heterocycles. The fourth-order valence-corrected chi connectivity index (χ4v) is 3.84. The lowest BCUT2D eigenvalue weighted by Crippen LogP contribution is -2.42. The summed E-state index contributed by atoms with van der Waals surface area (Å²) in [5, 5.41) is 7.63. The number of hydrogen-bond acceptors (Lipinski definition) is 4. The molecule has 2 aliphatic rings. The van der Waals surface area contributed by atoms with Gasteiger partial charge in [-0.2, -0.15) is 5.10 Å². The minimum Gasteiger partial charge on any atom is -0.381 e. The maximum atomic E-state index is 12.9. The Bertz CT molecular complexity index is 777. The number of ether oxygens (including phenoxy) is 1. The number of amides is 1. The number of hydrogen-bond donors (Lipinski definition) is 1. The van der Waals surface area contributed by atoms with Crippen LogP contribution in [0.5, 0.6) is 0 Å². The van der Waals surface area contributed by atoms with E-state index in [1.165, 1.54) is 0 Å². The highest BCUT2D eigenvalue weighted by Gasteiger charge is 2.50. The second kappa shape index (κ2) is 5.63. The zero-order chi connectivity index (χ0) is 16.7. The average molecular weight is 326 g/mol. The van der Waals surface area contributed by atoms with Crippen molar-refractivity contribution >= 4 is 17.3 Å². The monoisotopic (exact) mass is 326 g/mol. The summed E-state index contributed by atoms with van der Waals surface area (Å²) in [5.41, 5.74) is 3.91. The summed E-state index contributed by atoms with van der Waals surface area (Å²) in [6.07, 6.45) is 5.37. The molecule has 2 aromatic rings. The van der Waals surface area contributed by atoms with Crippen molar-refractivity contribution in [3.8, 4) is 0 Å². The van der Waals surface area contributed by atoms with Crippen molar-refractivity contribution in [2.24, 2.45) is 7.05 Å². The van der Waals surface area contributed by atoms with Crippen LogP contribution >= 0.6 is 0 Å². The molecule has 0 bridgehead atoms. The second-order valence-electron chi connectivity index (χ2n) is 6.67. The van der Waals surface area contributed by atoms with Gasteiger partial charge in [0.05, 0.1) is 11.6 Å². The van der Waals surface area contributed by atoms with Crippen LogP contribution in [-0.4, -0.2) is 35.9 Å². The molecule has 4 rings (SSSR count). The number of benzene rings is 1. The smallest absolute Gasteiger partial charge is 0.237 e. The Labute approximate surface area is 141 Å². The molecule has 0 atom stereocenters. The molecular weight excluding hydrogens is 304 g/mol. The first-order chi connectivity index (χ1) is 11.6. The standard InChI is InChI=1S/C18H22N4O2/c1-21-12-13(11-20-21)10-19-14-3-4-16-15(9-14)18(17(23)22(16)2)5-7-24-8-6-18/h3-4,9,11-12,19H,5-8,10H2,1-2H3. The van der Waals surface area contributed by atoms with Crippen LogP contribution in [-0.2, 0) is 28.5 Å². The van der Waals surface area contributed by atoms with Crippen molar-refractivity contribution in [1.29, 1.82) is 0 Å². The van der Waals surface area contributed by atoms with E-state index in [2.05, 4.69) is 16.5 Å². The summed E-state index contributed by atoms with van der Waals surface area (Å²) in [5.74, 6) is 0.199. The summed E-state index contributed by atoms with van der Waals surface area (Å²) in [7, 11) is 3.78. The molecule has 126 valence electrons. The maximum absolute atomic E-state index is 12.9. The van der Waals surface area contributed by atoms with E-state index in [4.69, 9.17) is 4.74 Å². The molecule has 0 saturated carbocycles. The predicted molar refractivity (Wildman–Crippen MR) is 92.1 cm³/mol. The number of rotatable bonds is 3. The van der Waals surface area contributed by atoms with Crippen LogP contribution in [0.25, 0.3) is 0 Å². The van der Waals surface area contributed by atoms with E-state index in [9.17, 15) is 4.79 Å². The quantitative estimate of drug-likeness (QED) is 0.938. The molecule has 1 spiro atoms. The largest absolute Gasteiger partial charge is 0.381 e. The minimum absolute atomic E-state index is 0.199. The van der Waals surface area contributed by atoms with E-state index >= 15 is 0 Å². The molecule has 1 aromatic heterocycles. The molecule has 6 heteroatoms. The van der Waals surface area contributed by atoms with Crippen molar-refractivity contribution in [1.82, 2.24) is 9.78 Å². The lowest BCUT2D eigenvalue weighted by Gasteiger charge is -2.32. The van der Waals surface area contributed by atoms with Gasteiger partial charge in [-0.3, -0.25) is 9.48 Å². The van der Waals surface area contributed by atoms with Crippen LogP contribution in [0.4, 0.5) is 11.4 Å². The van der Waals surface area contributed by atoms with E-state index in [0.717, 1.165) is 35.3 Å². The van der Waals surface area contributed by atoms with Gasteiger partial charge in [-0.15, -0.1) is 0 Å². The van der Waals surface area contributed by atoms with Gasteiger partial charge in [-0.05, 0) is 36.6 Å². The summed E-state index contributed by atoms with van der Waals surface area (Å²) in [6.45, 7) is 2.01. The van der Waals surface area contributed by atoms with Gasteiger partial charge in [-0.1, -0.05) is 0 Å². The third-order valence-electron chi connectivity index (χ3n) is 5.19. The molecule has 2 aliphatic heterocycles. The topological polar surface area (TPSA) is 59.4 Å². The van der Waals surface area contributed by atoms with E-state index in [-0.39, 0.29) is 5.91 Å². The van der Waals surface area contributed by atoms with Crippen LogP contribution in [0.2, 0.25) is 0 Å². The van der Waals surface area contributed by atoms with Gasteiger partial charge in [0.25, 0.3) is 0 Å². The third-order valence-corrected chi connectivity index (χ3v) is 5.19. The molecule has 24 heavy (non-hydrogen) atoms. The van der Waals surface area contributed by atoms with Crippen molar-refractivity contribution < 1.29 is 9.53 Å². The van der Waals surface area contributed by atoms with Crippen molar-refractivity contribution in [3.05, 3.63) is 41.7 Å². The fraction of sp³-hybridized carbons (Fsp3) is 0.444. The van der Waals surface area contributed by atoms with Crippen LogP contribution < -0.4 is 10.2 Å². The maximum Gasteiger partial charge on any atom is 0.237 e. The number of fused-ring (bicyclic) bond motifs is 2. The van der Waals surface area contributed by atoms with Gasteiger partial charge in [0.1, 0.15) is 0 Å². The molecule has 1 fully saturated rings. The summed E-state index contributed by atoms with van der Waals surface area (Å²) < 4.78 is 7.29. The van der Waals surface area contributed by atoms with E-state index in [1.54, 1.807) is 9.58 Å². The van der Waals surface area contributed by atoms with Gasteiger partial charge in [-0.25, -0.2) is 0 Å². The van der Waals surface area contributed by atoms with Gasteiger partial charge in [0, 0.05) is 57.0 Å². The first kappa shape index (κ1) is 15.2.